The summed E-state index contributed by atoms with van der Waals surface area (Å²) < 4.78 is 5.10. The second-order valence-electron chi connectivity index (χ2n) is 5.81. The maximum Gasteiger partial charge on any atom is 0.237 e. The molecule has 4 nitrogen and oxygen atoms in total. The molecule has 0 unspecified atom stereocenters. The van der Waals surface area contributed by atoms with Crippen molar-refractivity contribution in [2.45, 2.75) is 26.2 Å². The molecule has 114 valence electrons. The Bertz CT molecular complexity index is 539. The molecule has 1 aromatic rings. The topological polar surface area (TPSA) is 64.3 Å². The van der Waals surface area contributed by atoms with Crippen molar-refractivity contribution in [3.05, 3.63) is 29.8 Å². The minimum Gasteiger partial charge on any atom is -0.392 e. The molecule has 0 aromatic heterocycles. The summed E-state index contributed by atoms with van der Waals surface area (Å²) in [5, 5.41) is 3.00. The lowest BCUT2D eigenvalue weighted by molar-refractivity contribution is -0.127. The summed E-state index contributed by atoms with van der Waals surface area (Å²) in [5.41, 5.74) is 7.01. The standard InChI is InChI=1S/C16H22N2O2S/c1-11-9-16(10-11,14(17)21)15(19)18-13-6-4-3-5-12(13)7-8-20-2/h3-6,11H,7-10H2,1-2H3,(H2,17,21)(H,18,19). The summed E-state index contributed by atoms with van der Waals surface area (Å²) in [5.74, 6) is 0.402. The Labute approximate surface area is 131 Å². The molecule has 0 radical (unpaired) electrons. The molecular weight excluding hydrogens is 284 g/mol. The quantitative estimate of drug-likeness (QED) is 0.793. The molecular formula is C16H22N2O2S. The predicted octanol–water partition coefficient (Wildman–Crippen LogP) is 2.52. The van der Waals surface area contributed by atoms with Gasteiger partial charge in [0.25, 0.3) is 0 Å². The molecule has 1 aromatic carbocycles. The molecule has 0 atom stereocenters. The Morgan fingerprint density at radius 3 is 2.71 bits per heavy atom. The van der Waals surface area contributed by atoms with E-state index in [-0.39, 0.29) is 5.91 Å². The number of nitrogens with one attached hydrogen (secondary N) is 1. The summed E-state index contributed by atoms with van der Waals surface area (Å²) in [6.07, 6.45) is 2.21. The first-order valence-corrected chi connectivity index (χ1v) is 7.58. The SMILES string of the molecule is COCCc1ccccc1NC(=O)C1(C(N)=S)CC(C)C1. The molecule has 1 amide bonds. The minimum absolute atomic E-state index is 0.0852. The van der Waals surface area contributed by atoms with E-state index in [1.807, 2.05) is 24.3 Å². The van der Waals surface area contributed by atoms with Gasteiger partial charge < -0.3 is 15.8 Å². The molecule has 3 N–H and O–H groups in total. The maximum atomic E-state index is 12.6. The van der Waals surface area contributed by atoms with E-state index in [1.54, 1.807) is 7.11 Å². The lowest BCUT2D eigenvalue weighted by Gasteiger charge is -2.44. The molecule has 21 heavy (non-hydrogen) atoms. The number of hydrogen-bond donors (Lipinski definition) is 2. The Morgan fingerprint density at radius 2 is 2.14 bits per heavy atom. The number of carbonyl (C=O) groups is 1. The van der Waals surface area contributed by atoms with Gasteiger partial charge in [-0.1, -0.05) is 37.3 Å². The molecule has 1 saturated carbocycles. The van der Waals surface area contributed by atoms with Crippen LogP contribution in [0.15, 0.2) is 24.3 Å². The molecule has 1 fully saturated rings. The lowest BCUT2D eigenvalue weighted by atomic mass is 9.62. The van der Waals surface area contributed by atoms with Crippen molar-refractivity contribution in [1.29, 1.82) is 0 Å². The van der Waals surface area contributed by atoms with Crippen molar-refractivity contribution in [2.75, 3.05) is 19.0 Å². The van der Waals surface area contributed by atoms with Gasteiger partial charge in [-0.2, -0.15) is 0 Å². The van der Waals surface area contributed by atoms with Crippen molar-refractivity contribution in [3.8, 4) is 0 Å². The zero-order valence-corrected chi connectivity index (χ0v) is 13.3. The first-order chi connectivity index (χ1) is 9.99. The number of thiocarbonyl (C=S) groups is 1. The minimum atomic E-state index is -0.677. The summed E-state index contributed by atoms with van der Waals surface area (Å²) in [6.45, 7) is 2.72. The van der Waals surface area contributed by atoms with Gasteiger partial charge in [-0.15, -0.1) is 0 Å². The summed E-state index contributed by atoms with van der Waals surface area (Å²) >= 11 is 5.13. The van der Waals surface area contributed by atoms with Crippen molar-refractivity contribution in [1.82, 2.24) is 0 Å². The number of ether oxygens (including phenoxy) is 1. The fourth-order valence-corrected chi connectivity index (χ4v) is 3.20. The highest BCUT2D eigenvalue weighted by Gasteiger charge is 2.50. The second-order valence-corrected chi connectivity index (χ2v) is 6.25. The van der Waals surface area contributed by atoms with Crippen LogP contribution in [0.2, 0.25) is 0 Å². The van der Waals surface area contributed by atoms with E-state index in [2.05, 4.69) is 12.2 Å². The number of rotatable bonds is 6. The average Bonchev–Trinajstić information content (AvgIpc) is 2.42. The Kier molecular flexibility index (Phi) is 4.96. The molecule has 0 bridgehead atoms. The van der Waals surface area contributed by atoms with Crippen LogP contribution in [0.4, 0.5) is 5.69 Å². The first-order valence-electron chi connectivity index (χ1n) is 7.18. The molecule has 0 saturated heterocycles. The van der Waals surface area contributed by atoms with Crippen LogP contribution in [-0.4, -0.2) is 24.6 Å². The van der Waals surface area contributed by atoms with Crippen LogP contribution < -0.4 is 11.1 Å². The van der Waals surface area contributed by atoms with Crippen LogP contribution >= 0.6 is 12.2 Å². The Morgan fingerprint density at radius 1 is 1.48 bits per heavy atom. The number of hydrogen-bond acceptors (Lipinski definition) is 3. The normalized spacial score (nSPS) is 24.2. The third-order valence-electron chi connectivity index (χ3n) is 4.14. The maximum absolute atomic E-state index is 12.6. The first kappa shape index (κ1) is 15.9. The lowest BCUT2D eigenvalue weighted by Crippen LogP contribution is -2.53. The van der Waals surface area contributed by atoms with Gasteiger partial charge in [0, 0.05) is 12.8 Å². The van der Waals surface area contributed by atoms with E-state index in [0.717, 1.165) is 30.5 Å². The number of nitrogens with two attached hydrogens (primary N) is 1. The van der Waals surface area contributed by atoms with Crippen LogP contribution in [0.25, 0.3) is 0 Å². The zero-order valence-electron chi connectivity index (χ0n) is 12.5. The number of para-hydroxylation sites is 1. The smallest absolute Gasteiger partial charge is 0.237 e. The molecule has 1 aliphatic rings. The van der Waals surface area contributed by atoms with Gasteiger partial charge in [-0.05, 0) is 36.8 Å². The second kappa shape index (κ2) is 6.54. The summed E-state index contributed by atoms with van der Waals surface area (Å²) in [4.78, 5) is 12.9. The van der Waals surface area contributed by atoms with Crippen LogP contribution in [0.5, 0.6) is 0 Å². The third kappa shape index (κ3) is 3.24. The molecule has 5 heteroatoms. The number of anilines is 1. The highest BCUT2D eigenvalue weighted by molar-refractivity contribution is 7.80. The van der Waals surface area contributed by atoms with Gasteiger partial charge in [0.1, 0.15) is 0 Å². The number of carbonyl (C=O) groups excluding carboxylic acids is 1. The van der Waals surface area contributed by atoms with E-state index < -0.39 is 5.41 Å². The van der Waals surface area contributed by atoms with Crippen LogP contribution in [0, 0.1) is 11.3 Å². The zero-order chi connectivity index (χ0) is 15.5. The Balaban J connectivity index is 2.14. The van der Waals surface area contributed by atoms with E-state index in [9.17, 15) is 4.79 Å². The fraction of sp³-hybridized carbons (Fsp3) is 0.500. The molecule has 0 heterocycles. The highest BCUT2D eigenvalue weighted by atomic mass is 32.1. The number of benzene rings is 1. The van der Waals surface area contributed by atoms with E-state index in [0.29, 0.717) is 17.5 Å². The molecule has 0 aliphatic heterocycles. The summed E-state index contributed by atoms with van der Waals surface area (Å²) in [6, 6.07) is 7.75. The van der Waals surface area contributed by atoms with Gasteiger partial charge in [0.05, 0.1) is 17.0 Å². The van der Waals surface area contributed by atoms with Crippen molar-refractivity contribution >= 4 is 28.8 Å². The van der Waals surface area contributed by atoms with Gasteiger partial charge in [-0.3, -0.25) is 4.79 Å². The van der Waals surface area contributed by atoms with Crippen molar-refractivity contribution in [2.24, 2.45) is 17.1 Å². The van der Waals surface area contributed by atoms with Crippen LogP contribution in [0.1, 0.15) is 25.3 Å². The van der Waals surface area contributed by atoms with Gasteiger partial charge >= 0.3 is 0 Å². The van der Waals surface area contributed by atoms with E-state index in [4.69, 9.17) is 22.7 Å². The van der Waals surface area contributed by atoms with Gasteiger partial charge in [0.2, 0.25) is 5.91 Å². The predicted molar refractivity (Wildman–Crippen MR) is 88.3 cm³/mol. The molecule has 2 rings (SSSR count). The van der Waals surface area contributed by atoms with Crippen molar-refractivity contribution in [3.63, 3.8) is 0 Å². The summed E-state index contributed by atoms with van der Waals surface area (Å²) in [7, 11) is 1.67. The molecule has 0 spiro atoms. The van der Waals surface area contributed by atoms with Crippen LogP contribution in [-0.2, 0) is 16.0 Å². The highest BCUT2D eigenvalue weighted by Crippen LogP contribution is 2.46. The largest absolute Gasteiger partial charge is 0.392 e. The van der Waals surface area contributed by atoms with Crippen LogP contribution in [0.3, 0.4) is 0 Å². The average molecular weight is 306 g/mol. The van der Waals surface area contributed by atoms with E-state index >= 15 is 0 Å². The number of amides is 1. The third-order valence-corrected chi connectivity index (χ3v) is 4.53. The fourth-order valence-electron chi connectivity index (χ4n) is 2.94. The molecule has 1 aliphatic carbocycles. The van der Waals surface area contributed by atoms with Gasteiger partial charge in [0.15, 0.2) is 0 Å². The number of methoxy groups -OCH3 is 1. The van der Waals surface area contributed by atoms with Gasteiger partial charge in [-0.25, -0.2) is 0 Å². The Hall–Kier alpha value is -1.46. The van der Waals surface area contributed by atoms with Crippen molar-refractivity contribution < 1.29 is 9.53 Å². The van der Waals surface area contributed by atoms with E-state index in [1.165, 1.54) is 0 Å². The monoisotopic (exact) mass is 306 g/mol.